The van der Waals surface area contributed by atoms with Crippen LogP contribution in [0, 0.1) is 15.5 Å². The number of benzene rings is 2. The molecule has 1 aliphatic rings. The number of hydrogen-bond donors (Lipinski definition) is 1. The van der Waals surface area contributed by atoms with E-state index in [0.717, 1.165) is 23.1 Å². The van der Waals surface area contributed by atoms with Crippen molar-refractivity contribution in [3.05, 3.63) is 134 Å². The van der Waals surface area contributed by atoms with Crippen LogP contribution in [-0.4, -0.2) is 48.3 Å². The van der Waals surface area contributed by atoms with Crippen molar-refractivity contribution in [2.75, 3.05) is 26.4 Å². The second-order valence-corrected chi connectivity index (χ2v) is 12.7. The number of carbonyl (C=O) groups is 2. The number of non-ortho nitro benzene ring substituents is 1. The van der Waals surface area contributed by atoms with Crippen LogP contribution >= 0.6 is 0 Å². The fourth-order valence-electron chi connectivity index (χ4n) is 5.56. The van der Waals surface area contributed by atoms with E-state index >= 15 is 0 Å². The van der Waals surface area contributed by atoms with E-state index in [2.05, 4.69) is 46.7 Å². The monoisotopic (exact) mass is 653 g/mol. The molecule has 1 aromatic heterocycles. The maximum absolute atomic E-state index is 13.7. The Labute approximate surface area is 281 Å². The number of nitro groups is 1. The van der Waals surface area contributed by atoms with Crippen LogP contribution in [0.2, 0.25) is 0 Å². The predicted octanol–water partition coefficient (Wildman–Crippen LogP) is 7.07. The van der Waals surface area contributed by atoms with Crippen LogP contribution < -0.4 is 5.32 Å². The highest BCUT2D eigenvalue weighted by atomic mass is 16.6. The van der Waals surface area contributed by atoms with Gasteiger partial charge < -0.3 is 19.5 Å². The Hall–Kier alpha value is -5.09. The van der Waals surface area contributed by atoms with Crippen LogP contribution in [0.15, 0.2) is 101 Å². The van der Waals surface area contributed by atoms with Crippen LogP contribution in [0.4, 0.5) is 5.69 Å². The van der Waals surface area contributed by atoms with Crippen LogP contribution in [0.25, 0.3) is 6.08 Å². The summed E-state index contributed by atoms with van der Waals surface area (Å²) in [6.45, 7) is 11.9. The summed E-state index contributed by atoms with van der Waals surface area (Å²) in [4.78, 5) is 42.1. The summed E-state index contributed by atoms with van der Waals surface area (Å²) in [5.41, 5.74) is 5.59. The van der Waals surface area contributed by atoms with Gasteiger partial charge in [-0.15, -0.1) is 0 Å². The minimum absolute atomic E-state index is 0.0445. The lowest BCUT2D eigenvalue weighted by Crippen LogP contribution is -2.34. The quantitative estimate of drug-likeness (QED) is 0.110. The highest BCUT2D eigenvalue weighted by Crippen LogP contribution is 2.40. The molecular formula is C38H43N3O7. The maximum Gasteiger partial charge on any atom is 0.336 e. The fraction of sp³-hybridized carbons (Fsp3) is 0.342. The van der Waals surface area contributed by atoms with Crippen LogP contribution in [0.3, 0.4) is 0 Å². The summed E-state index contributed by atoms with van der Waals surface area (Å²) in [6, 6.07) is 18.3. The summed E-state index contributed by atoms with van der Waals surface area (Å²) in [7, 11) is 0. The van der Waals surface area contributed by atoms with E-state index < -0.39 is 28.2 Å². The Morgan fingerprint density at radius 2 is 1.65 bits per heavy atom. The van der Waals surface area contributed by atoms with Gasteiger partial charge in [-0.2, -0.15) is 0 Å². The number of esters is 2. The molecule has 10 heteroatoms. The van der Waals surface area contributed by atoms with Gasteiger partial charge in [0.25, 0.3) is 5.69 Å². The molecule has 4 rings (SSSR count). The number of dihydropyridines is 1. The summed E-state index contributed by atoms with van der Waals surface area (Å²) in [6.07, 6.45) is 6.55. The first kappa shape index (κ1) is 35.8. The summed E-state index contributed by atoms with van der Waals surface area (Å²) >= 11 is 0. The smallest absolute Gasteiger partial charge is 0.336 e. The molecule has 0 fully saturated rings. The van der Waals surface area contributed by atoms with Gasteiger partial charge >= 0.3 is 11.9 Å². The van der Waals surface area contributed by atoms with E-state index in [1.165, 1.54) is 23.8 Å². The van der Waals surface area contributed by atoms with E-state index in [1.807, 2.05) is 33.0 Å². The largest absolute Gasteiger partial charge is 0.463 e. The number of pyridine rings is 1. The van der Waals surface area contributed by atoms with Crippen molar-refractivity contribution in [1.82, 2.24) is 10.3 Å². The highest BCUT2D eigenvalue weighted by molar-refractivity contribution is 6.00. The molecule has 0 amide bonds. The number of hydrogen-bond acceptors (Lipinski definition) is 9. The zero-order valence-electron chi connectivity index (χ0n) is 28.4. The molecule has 10 nitrogen and oxygen atoms in total. The van der Waals surface area contributed by atoms with Gasteiger partial charge in [-0.3, -0.25) is 15.1 Å². The Bertz CT molecular complexity index is 1720. The van der Waals surface area contributed by atoms with E-state index in [0.29, 0.717) is 30.2 Å². The van der Waals surface area contributed by atoms with E-state index in [1.54, 1.807) is 33.0 Å². The molecule has 1 unspecified atom stereocenters. The first-order valence-corrected chi connectivity index (χ1v) is 15.9. The predicted molar refractivity (Wildman–Crippen MR) is 184 cm³/mol. The molecule has 3 aromatic rings. The standard InChI is InChI=1S/C38H43N3O7/c1-7-47-36(42)33-26(3)40-27(4)34(35(33)31-11-8-12-32(20-31)41(44)45)37(43)48-24-38(5,6)23-46-22-25(2)18-28-13-15-29(16-14-28)19-30-10-9-17-39-21-30/h8-18,20-21,35,40H,7,19,22-24H2,1-6H3/b25-18+. The molecule has 1 atom stereocenters. The minimum atomic E-state index is -0.922. The Morgan fingerprint density at radius 1 is 0.958 bits per heavy atom. The maximum atomic E-state index is 13.7. The molecule has 1 N–H and O–H groups in total. The summed E-state index contributed by atoms with van der Waals surface area (Å²) < 4.78 is 17.2. The molecule has 0 aliphatic carbocycles. The van der Waals surface area contributed by atoms with E-state index in [4.69, 9.17) is 14.2 Å². The Kier molecular flexibility index (Phi) is 12.0. The number of nitrogens with one attached hydrogen (secondary N) is 1. The van der Waals surface area contributed by atoms with E-state index in [-0.39, 0.29) is 30.0 Å². The third kappa shape index (κ3) is 9.48. The van der Waals surface area contributed by atoms with Gasteiger partial charge in [0.1, 0.15) is 0 Å². The first-order chi connectivity index (χ1) is 22.9. The van der Waals surface area contributed by atoms with E-state index in [9.17, 15) is 19.7 Å². The van der Waals surface area contributed by atoms with Crippen molar-refractivity contribution in [2.45, 2.75) is 53.9 Å². The van der Waals surface area contributed by atoms with Gasteiger partial charge in [0.05, 0.1) is 48.4 Å². The SMILES string of the molecule is CCOC(=O)C1=C(C)NC(C)=C(C(=O)OCC(C)(C)COC/C(C)=C/c2ccc(Cc3cccnc3)cc2)C1c1cccc([N+](=O)[O-])c1. The molecular weight excluding hydrogens is 610 g/mol. The molecule has 2 aromatic carbocycles. The van der Waals surface area contributed by atoms with Gasteiger partial charge in [0, 0.05) is 41.3 Å². The Morgan fingerprint density at radius 3 is 2.27 bits per heavy atom. The van der Waals surface area contributed by atoms with Crippen molar-refractivity contribution >= 4 is 23.7 Å². The second-order valence-electron chi connectivity index (χ2n) is 12.7. The molecule has 0 bridgehead atoms. The fourth-order valence-corrected chi connectivity index (χ4v) is 5.56. The number of carbonyl (C=O) groups excluding carboxylic acids is 2. The zero-order chi connectivity index (χ0) is 34.8. The van der Waals surface area contributed by atoms with Gasteiger partial charge in [0.2, 0.25) is 0 Å². The molecule has 0 spiro atoms. The number of allylic oxidation sites excluding steroid dienone is 2. The summed E-state index contributed by atoms with van der Waals surface area (Å²) in [5.74, 6) is -2.18. The molecule has 0 saturated carbocycles. The van der Waals surface area contributed by atoms with Crippen LogP contribution in [0.5, 0.6) is 0 Å². The molecule has 2 heterocycles. The van der Waals surface area contributed by atoms with Crippen molar-refractivity contribution in [2.24, 2.45) is 5.41 Å². The van der Waals surface area contributed by atoms with Gasteiger partial charge in [-0.05, 0) is 68.0 Å². The van der Waals surface area contributed by atoms with Crippen molar-refractivity contribution in [3.63, 3.8) is 0 Å². The third-order valence-electron chi connectivity index (χ3n) is 7.83. The van der Waals surface area contributed by atoms with Gasteiger partial charge in [-0.25, -0.2) is 9.59 Å². The third-order valence-corrected chi connectivity index (χ3v) is 7.83. The number of nitrogens with zero attached hydrogens (tertiary/aromatic N) is 2. The second kappa shape index (κ2) is 16.1. The topological polar surface area (TPSA) is 130 Å². The number of rotatable bonds is 14. The van der Waals surface area contributed by atoms with Gasteiger partial charge in [0.15, 0.2) is 0 Å². The average molecular weight is 654 g/mol. The highest BCUT2D eigenvalue weighted by Gasteiger charge is 2.39. The minimum Gasteiger partial charge on any atom is -0.463 e. The Balaban J connectivity index is 1.40. The molecule has 252 valence electrons. The van der Waals surface area contributed by atoms with Gasteiger partial charge in [-0.1, -0.05) is 62.4 Å². The summed E-state index contributed by atoms with van der Waals surface area (Å²) in [5, 5.41) is 14.7. The lowest BCUT2D eigenvalue weighted by Gasteiger charge is -2.31. The molecule has 0 saturated heterocycles. The zero-order valence-corrected chi connectivity index (χ0v) is 28.4. The molecule has 0 radical (unpaired) electrons. The van der Waals surface area contributed by atoms with Crippen molar-refractivity contribution < 1.29 is 28.7 Å². The lowest BCUT2D eigenvalue weighted by molar-refractivity contribution is -0.384. The van der Waals surface area contributed by atoms with Crippen LogP contribution in [0.1, 0.15) is 69.7 Å². The molecule has 1 aliphatic heterocycles. The van der Waals surface area contributed by atoms with Crippen molar-refractivity contribution in [3.8, 4) is 0 Å². The number of aromatic nitrogens is 1. The normalized spacial score (nSPS) is 15.2. The first-order valence-electron chi connectivity index (χ1n) is 15.9. The molecule has 48 heavy (non-hydrogen) atoms. The number of ether oxygens (including phenoxy) is 3. The van der Waals surface area contributed by atoms with Crippen LogP contribution in [-0.2, 0) is 30.2 Å². The number of nitro benzene ring substituents is 1. The van der Waals surface area contributed by atoms with Crippen molar-refractivity contribution in [1.29, 1.82) is 0 Å². The lowest BCUT2D eigenvalue weighted by atomic mass is 9.80. The average Bonchev–Trinajstić information content (AvgIpc) is 3.05.